The van der Waals surface area contributed by atoms with E-state index in [1.165, 1.54) is 32.1 Å². The monoisotopic (exact) mass is 154 g/mol. The Bertz CT molecular complexity index is 92.2. The van der Waals surface area contributed by atoms with Gasteiger partial charge in [-0.05, 0) is 19.3 Å². The number of allylic oxidation sites excluding steroid dienone is 2. The smallest absolute Gasteiger partial charge is 0.0322 e. The molecule has 0 spiro atoms. The second-order valence-corrected chi connectivity index (χ2v) is 3.22. The molecule has 0 saturated carbocycles. The lowest BCUT2D eigenvalue weighted by molar-refractivity contribution is 0.456. The summed E-state index contributed by atoms with van der Waals surface area (Å²) in [7, 11) is 0. The van der Waals surface area contributed by atoms with Crippen LogP contribution in [-0.2, 0) is 0 Å². The van der Waals surface area contributed by atoms with E-state index >= 15 is 0 Å². The van der Waals surface area contributed by atoms with Crippen LogP contribution in [0.5, 0.6) is 0 Å². The third-order valence-corrected chi connectivity index (χ3v) is 2.25. The van der Waals surface area contributed by atoms with Gasteiger partial charge in [-0.1, -0.05) is 51.7 Å². The molecular weight excluding hydrogens is 132 g/mol. The van der Waals surface area contributed by atoms with Gasteiger partial charge in [-0.3, -0.25) is 0 Å². The minimum Gasteiger partial charge on any atom is -0.0917 e. The van der Waals surface area contributed by atoms with Crippen molar-refractivity contribution in [3.05, 3.63) is 12.2 Å². The summed E-state index contributed by atoms with van der Waals surface area (Å²) in [5, 5.41) is 0. The van der Waals surface area contributed by atoms with Crippen molar-refractivity contribution in [1.29, 1.82) is 0 Å². The van der Waals surface area contributed by atoms with Crippen LogP contribution in [0.15, 0.2) is 12.2 Å². The summed E-state index contributed by atoms with van der Waals surface area (Å²) in [6.07, 6.45) is 11.2. The average Bonchev–Trinajstić information content (AvgIpc) is 2.05. The van der Waals surface area contributed by atoms with E-state index in [4.69, 9.17) is 0 Å². The quantitative estimate of drug-likeness (QED) is 0.504. The summed E-state index contributed by atoms with van der Waals surface area (Å²) in [4.78, 5) is 0. The van der Waals surface area contributed by atoms with E-state index in [1.807, 2.05) is 0 Å². The maximum Gasteiger partial charge on any atom is -0.0322 e. The Morgan fingerprint density at radius 1 is 1.27 bits per heavy atom. The van der Waals surface area contributed by atoms with E-state index in [0.717, 1.165) is 5.92 Å². The summed E-state index contributed by atoms with van der Waals surface area (Å²) < 4.78 is 0. The Labute approximate surface area is 71.7 Å². The first-order chi connectivity index (χ1) is 5.35. The van der Waals surface area contributed by atoms with Crippen LogP contribution in [0.4, 0.5) is 0 Å². The summed E-state index contributed by atoms with van der Waals surface area (Å²) in [5.41, 5.74) is 0. The molecular formula is C11H22. The Kier molecular flexibility index (Phi) is 7.66. The average molecular weight is 154 g/mol. The highest BCUT2D eigenvalue weighted by Gasteiger charge is 2.01. The van der Waals surface area contributed by atoms with Crippen molar-refractivity contribution in [2.24, 2.45) is 5.92 Å². The fourth-order valence-corrected chi connectivity index (χ4v) is 1.31. The molecule has 0 aliphatic carbocycles. The highest BCUT2D eigenvalue weighted by atomic mass is 14.1. The van der Waals surface area contributed by atoms with E-state index < -0.39 is 0 Å². The van der Waals surface area contributed by atoms with Gasteiger partial charge in [-0.2, -0.15) is 0 Å². The summed E-state index contributed by atoms with van der Waals surface area (Å²) in [6, 6.07) is 0. The molecule has 1 unspecified atom stereocenters. The predicted molar refractivity (Wildman–Crippen MR) is 52.7 cm³/mol. The van der Waals surface area contributed by atoms with Crippen molar-refractivity contribution in [3.63, 3.8) is 0 Å². The van der Waals surface area contributed by atoms with E-state index in [-0.39, 0.29) is 0 Å². The molecule has 0 aromatic heterocycles. The Balaban J connectivity index is 3.40. The lowest BCUT2D eigenvalue weighted by Gasteiger charge is -2.10. The van der Waals surface area contributed by atoms with E-state index in [9.17, 15) is 0 Å². The molecule has 0 aromatic rings. The second kappa shape index (κ2) is 7.84. The summed E-state index contributed by atoms with van der Waals surface area (Å²) >= 11 is 0. The molecule has 0 aromatic carbocycles. The fraction of sp³-hybridized carbons (Fsp3) is 0.818. The van der Waals surface area contributed by atoms with Gasteiger partial charge < -0.3 is 0 Å². The SMILES string of the molecule is C/C=C/CC(CC)CCCC. The summed E-state index contributed by atoms with van der Waals surface area (Å²) in [5.74, 6) is 0.936. The molecule has 0 bridgehead atoms. The molecule has 11 heavy (non-hydrogen) atoms. The van der Waals surface area contributed by atoms with Gasteiger partial charge in [0.2, 0.25) is 0 Å². The Morgan fingerprint density at radius 2 is 2.00 bits per heavy atom. The molecule has 0 heterocycles. The van der Waals surface area contributed by atoms with Crippen LogP contribution in [0.25, 0.3) is 0 Å². The van der Waals surface area contributed by atoms with Gasteiger partial charge in [0, 0.05) is 0 Å². The molecule has 0 fully saturated rings. The highest BCUT2D eigenvalue weighted by Crippen LogP contribution is 2.16. The van der Waals surface area contributed by atoms with Crippen LogP contribution in [0.3, 0.4) is 0 Å². The normalized spacial score (nSPS) is 14.1. The van der Waals surface area contributed by atoms with Gasteiger partial charge in [0.25, 0.3) is 0 Å². The van der Waals surface area contributed by atoms with E-state index in [1.54, 1.807) is 0 Å². The molecule has 0 aliphatic heterocycles. The second-order valence-electron chi connectivity index (χ2n) is 3.22. The van der Waals surface area contributed by atoms with Gasteiger partial charge in [0.15, 0.2) is 0 Å². The molecule has 1 atom stereocenters. The lowest BCUT2D eigenvalue weighted by atomic mass is 9.96. The molecule has 0 amide bonds. The van der Waals surface area contributed by atoms with Gasteiger partial charge in [0.1, 0.15) is 0 Å². The van der Waals surface area contributed by atoms with Crippen molar-refractivity contribution in [2.75, 3.05) is 0 Å². The zero-order valence-electron chi connectivity index (χ0n) is 8.27. The fourth-order valence-electron chi connectivity index (χ4n) is 1.31. The lowest BCUT2D eigenvalue weighted by Crippen LogP contribution is -1.96. The number of hydrogen-bond acceptors (Lipinski definition) is 0. The minimum atomic E-state index is 0.936. The van der Waals surface area contributed by atoms with Crippen LogP contribution in [0.2, 0.25) is 0 Å². The van der Waals surface area contributed by atoms with Crippen molar-refractivity contribution in [2.45, 2.75) is 52.9 Å². The minimum absolute atomic E-state index is 0.936. The number of rotatable bonds is 6. The summed E-state index contributed by atoms with van der Waals surface area (Å²) in [6.45, 7) is 6.67. The molecule has 0 N–H and O–H groups in total. The van der Waals surface area contributed by atoms with Crippen molar-refractivity contribution in [1.82, 2.24) is 0 Å². The first-order valence-electron chi connectivity index (χ1n) is 4.96. The third-order valence-electron chi connectivity index (χ3n) is 2.25. The zero-order chi connectivity index (χ0) is 8.53. The van der Waals surface area contributed by atoms with Gasteiger partial charge in [0.05, 0.1) is 0 Å². The van der Waals surface area contributed by atoms with Crippen LogP contribution in [0.1, 0.15) is 52.9 Å². The molecule has 0 radical (unpaired) electrons. The molecule has 0 aliphatic rings. The molecule has 0 heteroatoms. The third kappa shape index (κ3) is 6.15. The molecule has 0 saturated heterocycles. The first-order valence-corrected chi connectivity index (χ1v) is 4.96. The molecule has 66 valence electrons. The molecule has 0 rings (SSSR count). The topological polar surface area (TPSA) is 0 Å². The number of hydrogen-bond donors (Lipinski definition) is 0. The van der Waals surface area contributed by atoms with Crippen LogP contribution >= 0.6 is 0 Å². The standard InChI is InChI=1S/C11H22/c1-4-7-9-11(6-3)10-8-5-2/h4,7,11H,5-6,8-10H2,1-3H3/b7-4+. The first kappa shape index (κ1) is 10.7. The Morgan fingerprint density at radius 3 is 2.45 bits per heavy atom. The van der Waals surface area contributed by atoms with E-state index in [0.29, 0.717) is 0 Å². The largest absolute Gasteiger partial charge is 0.0917 e. The van der Waals surface area contributed by atoms with Crippen molar-refractivity contribution >= 4 is 0 Å². The van der Waals surface area contributed by atoms with Gasteiger partial charge >= 0.3 is 0 Å². The van der Waals surface area contributed by atoms with E-state index in [2.05, 4.69) is 32.9 Å². The van der Waals surface area contributed by atoms with Crippen molar-refractivity contribution < 1.29 is 0 Å². The zero-order valence-corrected chi connectivity index (χ0v) is 8.27. The Hall–Kier alpha value is -0.260. The molecule has 0 nitrogen and oxygen atoms in total. The van der Waals surface area contributed by atoms with Gasteiger partial charge in [-0.25, -0.2) is 0 Å². The van der Waals surface area contributed by atoms with Crippen LogP contribution in [0, 0.1) is 5.92 Å². The van der Waals surface area contributed by atoms with Gasteiger partial charge in [-0.15, -0.1) is 0 Å². The maximum atomic E-state index is 2.30. The van der Waals surface area contributed by atoms with Crippen molar-refractivity contribution in [3.8, 4) is 0 Å². The van der Waals surface area contributed by atoms with Crippen LogP contribution in [-0.4, -0.2) is 0 Å². The highest BCUT2D eigenvalue weighted by molar-refractivity contribution is 4.79. The van der Waals surface area contributed by atoms with Crippen LogP contribution < -0.4 is 0 Å². The predicted octanol–water partition coefficient (Wildman–Crippen LogP) is 4.17. The number of unbranched alkanes of at least 4 members (excludes halogenated alkanes) is 1. The maximum absolute atomic E-state index is 2.30.